The highest BCUT2D eigenvalue weighted by molar-refractivity contribution is 6.40. The van der Waals surface area contributed by atoms with Crippen molar-refractivity contribution in [2.24, 2.45) is 0 Å². The molecule has 20 heavy (non-hydrogen) atoms. The zero-order valence-corrected chi connectivity index (χ0v) is 12.8. The molecule has 1 N–H and O–H groups in total. The summed E-state index contributed by atoms with van der Waals surface area (Å²) in [4.78, 5) is 11.7. The molecule has 0 bridgehead atoms. The van der Waals surface area contributed by atoms with E-state index in [1.54, 1.807) is 24.3 Å². The first-order valence-electron chi connectivity index (χ1n) is 5.34. The van der Waals surface area contributed by atoms with Gasteiger partial charge in [-0.25, -0.2) is 4.79 Å². The van der Waals surface area contributed by atoms with Gasteiger partial charge in [-0.1, -0.05) is 46.4 Å². The molecule has 104 valence electrons. The minimum absolute atomic E-state index is 0.0456. The van der Waals surface area contributed by atoms with E-state index in [9.17, 15) is 4.79 Å². The van der Waals surface area contributed by atoms with Crippen LogP contribution in [-0.4, -0.2) is 6.09 Å². The van der Waals surface area contributed by atoms with Gasteiger partial charge in [-0.3, -0.25) is 5.32 Å². The van der Waals surface area contributed by atoms with E-state index in [0.717, 1.165) is 0 Å². The molecule has 2 aromatic carbocycles. The Hall–Kier alpha value is -1.13. The molecule has 3 nitrogen and oxygen atoms in total. The molecule has 0 aromatic heterocycles. The lowest BCUT2D eigenvalue weighted by molar-refractivity contribution is 0.215. The molecular formula is C13H7Cl4NO2. The number of hydrogen-bond acceptors (Lipinski definition) is 2. The summed E-state index contributed by atoms with van der Waals surface area (Å²) in [5, 5.41) is 3.73. The number of halogens is 4. The van der Waals surface area contributed by atoms with Gasteiger partial charge in [0, 0.05) is 15.7 Å². The number of hydrogen-bond donors (Lipinski definition) is 1. The van der Waals surface area contributed by atoms with Gasteiger partial charge in [-0.2, -0.15) is 0 Å². The Bertz CT molecular complexity index is 620. The van der Waals surface area contributed by atoms with Crippen LogP contribution in [0.5, 0.6) is 5.75 Å². The molecule has 0 aliphatic rings. The minimum Gasteiger partial charge on any atom is -0.407 e. The van der Waals surface area contributed by atoms with Gasteiger partial charge in [-0.15, -0.1) is 0 Å². The highest BCUT2D eigenvalue weighted by Crippen LogP contribution is 2.36. The summed E-state index contributed by atoms with van der Waals surface area (Å²) in [6, 6.07) is 9.40. The van der Waals surface area contributed by atoms with Gasteiger partial charge in [0.25, 0.3) is 0 Å². The van der Waals surface area contributed by atoms with Crippen LogP contribution in [-0.2, 0) is 0 Å². The quantitative estimate of drug-likeness (QED) is 0.730. The molecule has 0 aliphatic heterocycles. The van der Waals surface area contributed by atoms with Crippen molar-refractivity contribution in [1.29, 1.82) is 0 Å². The summed E-state index contributed by atoms with van der Waals surface area (Å²) in [6.07, 6.45) is -0.724. The van der Waals surface area contributed by atoms with Crippen LogP contribution in [0.4, 0.5) is 10.5 Å². The number of ether oxygens (including phenoxy) is 1. The van der Waals surface area contributed by atoms with Crippen LogP contribution in [0.1, 0.15) is 0 Å². The lowest BCUT2D eigenvalue weighted by Crippen LogP contribution is -2.17. The van der Waals surface area contributed by atoms with Crippen LogP contribution < -0.4 is 10.1 Å². The van der Waals surface area contributed by atoms with E-state index in [-0.39, 0.29) is 15.8 Å². The molecule has 0 aliphatic carbocycles. The van der Waals surface area contributed by atoms with E-state index < -0.39 is 6.09 Å². The smallest absolute Gasteiger partial charge is 0.407 e. The Morgan fingerprint density at radius 3 is 2.00 bits per heavy atom. The summed E-state index contributed by atoms with van der Waals surface area (Å²) in [6.45, 7) is 0. The molecule has 0 radical (unpaired) electrons. The van der Waals surface area contributed by atoms with Gasteiger partial charge in [0.05, 0.1) is 10.0 Å². The van der Waals surface area contributed by atoms with Crippen molar-refractivity contribution in [1.82, 2.24) is 0 Å². The second kappa shape index (κ2) is 6.55. The number of carbonyl (C=O) groups excluding carboxylic acids is 1. The first-order valence-corrected chi connectivity index (χ1v) is 6.86. The van der Waals surface area contributed by atoms with Crippen molar-refractivity contribution in [3.63, 3.8) is 0 Å². The van der Waals surface area contributed by atoms with Crippen molar-refractivity contribution in [2.75, 3.05) is 5.32 Å². The van der Waals surface area contributed by atoms with Crippen molar-refractivity contribution in [3.05, 3.63) is 56.5 Å². The average Bonchev–Trinajstić information content (AvgIpc) is 2.36. The Balaban J connectivity index is 2.10. The van der Waals surface area contributed by atoms with Crippen LogP contribution in [0.3, 0.4) is 0 Å². The van der Waals surface area contributed by atoms with E-state index >= 15 is 0 Å². The molecule has 1 amide bonds. The third kappa shape index (κ3) is 3.93. The molecule has 2 rings (SSSR count). The summed E-state index contributed by atoms with van der Waals surface area (Å²) < 4.78 is 5.06. The van der Waals surface area contributed by atoms with Crippen molar-refractivity contribution in [2.45, 2.75) is 0 Å². The molecule has 0 fully saturated rings. The predicted octanol–water partition coefficient (Wildman–Crippen LogP) is 5.91. The average molecular weight is 351 g/mol. The SMILES string of the molecule is O=C(Nc1ccc(Cl)cc1)Oc1c(Cl)cc(Cl)cc1Cl. The van der Waals surface area contributed by atoms with Crippen LogP contribution in [0.15, 0.2) is 36.4 Å². The summed E-state index contributed by atoms with van der Waals surface area (Å²) in [5.74, 6) is 0.0456. The van der Waals surface area contributed by atoms with Gasteiger partial charge in [0.2, 0.25) is 0 Å². The fourth-order valence-electron chi connectivity index (χ4n) is 1.40. The van der Waals surface area contributed by atoms with E-state index in [4.69, 9.17) is 51.1 Å². The maximum absolute atomic E-state index is 11.7. The molecule has 7 heteroatoms. The van der Waals surface area contributed by atoms with Gasteiger partial charge in [0.1, 0.15) is 0 Å². The van der Waals surface area contributed by atoms with E-state index in [1.165, 1.54) is 12.1 Å². The lowest BCUT2D eigenvalue weighted by atomic mass is 10.3. The zero-order valence-electron chi connectivity index (χ0n) is 9.79. The zero-order chi connectivity index (χ0) is 14.7. The second-order valence-corrected chi connectivity index (χ2v) is 5.41. The summed E-state index contributed by atoms with van der Waals surface area (Å²) in [5.41, 5.74) is 0.528. The van der Waals surface area contributed by atoms with Crippen molar-refractivity contribution >= 4 is 58.2 Å². The number of nitrogens with one attached hydrogen (secondary N) is 1. The standard InChI is InChI=1S/C13H7Cl4NO2/c14-7-1-3-9(4-2-7)18-13(19)20-12-10(16)5-8(15)6-11(12)17/h1-6H,(H,18,19). The van der Waals surface area contributed by atoms with Crippen molar-refractivity contribution < 1.29 is 9.53 Å². The van der Waals surface area contributed by atoms with Gasteiger partial charge in [-0.05, 0) is 36.4 Å². The van der Waals surface area contributed by atoms with Crippen LogP contribution in [0.2, 0.25) is 20.1 Å². The first kappa shape index (κ1) is 15.3. The molecule has 0 unspecified atom stereocenters. The van der Waals surface area contributed by atoms with Crippen molar-refractivity contribution in [3.8, 4) is 5.75 Å². The molecule has 0 atom stereocenters. The number of benzene rings is 2. The Kier molecular flexibility index (Phi) is 5.00. The minimum atomic E-state index is -0.724. The van der Waals surface area contributed by atoms with E-state index in [1.807, 2.05) is 0 Å². The fourth-order valence-corrected chi connectivity index (χ4v) is 2.42. The van der Waals surface area contributed by atoms with E-state index in [2.05, 4.69) is 5.32 Å². The highest BCUT2D eigenvalue weighted by atomic mass is 35.5. The molecule has 2 aromatic rings. The molecule has 0 spiro atoms. The van der Waals surface area contributed by atoms with Crippen LogP contribution in [0.25, 0.3) is 0 Å². The van der Waals surface area contributed by atoms with E-state index in [0.29, 0.717) is 15.7 Å². The first-order chi connectivity index (χ1) is 9.45. The molecule has 0 saturated heterocycles. The fraction of sp³-hybridized carbons (Fsp3) is 0. The number of amides is 1. The Morgan fingerprint density at radius 1 is 0.900 bits per heavy atom. The summed E-state index contributed by atoms with van der Waals surface area (Å²) in [7, 11) is 0. The third-order valence-corrected chi connectivity index (χ3v) is 3.28. The number of rotatable bonds is 2. The normalized spacial score (nSPS) is 10.2. The second-order valence-electron chi connectivity index (χ2n) is 3.72. The molecule has 0 heterocycles. The van der Waals surface area contributed by atoms with Gasteiger partial charge < -0.3 is 4.74 Å². The van der Waals surface area contributed by atoms with Gasteiger partial charge >= 0.3 is 6.09 Å². The Labute approximate surface area is 135 Å². The number of anilines is 1. The van der Waals surface area contributed by atoms with Crippen LogP contribution in [0, 0.1) is 0 Å². The predicted molar refractivity (Wildman–Crippen MR) is 82.6 cm³/mol. The number of carbonyl (C=O) groups is 1. The lowest BCUT2D eigenvalue weighted by Gasteiger charge is -2.10. The molecular weight excluding hydrogens is 344 g/mol. The molecule has 0 saturated carbocycles. The monoisotopic (exact) mass is 349 g/mol. The topological polar surface area (TPSA) is 38.3 Å². The van der Waals surface area contributed by atoms with Crippen LogP contribution >= 0.6 is 46.4 Å². The van der Waals surface area contributed by atoms with Gasteiger partial charge in [0.15, 0.2) is 5.75 Å². The largest absolute Gasteiger partial charge is 0.417 e. The Morgan fingerprint density at radius 2 is 1.45 bits per heavy atom. The summed E-state index contributed by atoms with van der Waals surface area (Å²) >= 11 is 23.3. The highest BCUT2D eigenvalue weighted by Gasteiger charge is 2.13. The third-order valence-electron chi connectivity index (χ3n) is 2.25. The maximum atomic E-state index is 11.7. The maximum Gasteiger partial charge on any atom is 0.417 e.